The number of carbonyl (C=O) groups excluding carboxylic acids is 3. The van der Waals surface area contributed by atoms with Gasteiger partial charge in [0.2, 0.25) is 0 Å². The van der Waals surface area contributed by atoms with Gasteiger partial charge >= 0.3 is 11.9 Å². The average molecular weight is 894 g/mol. The molecule has 2 unspecified atom stereocenters. The van der Waals surface area contributed by atoms with Crippen LogP contribution in [0.2, 0.25) is 0 Å². The van der Waals surface area contributed by atoms with Gasteiger partial charge in [-0.15, -0.1) is 0 Å². The standard InChI is InChI=1S/C56H95NO7/c1-6-8-10-12-14-16-18-20-22-24-26-27-28-29-31-32-34-36-38-40-42-44-46-54(58)63-51-52(50-62-49-48-53(56(60)61)57(3,4)5)64-55(59)47-45-43-41-39-37-35-33-30-25-23-21-19-17-15-13-11-9-7-2/h14-17,19-23,25-27,30,33,52-53H,6-13,18,24,28-29,31-32,34-51H2,1-5H3/b16-14+,17-15+,21-19+,22-20+,25-23+,27-26+,33-30+. The number of carbonyl (C=O) groups is 3. The molecule has 0 aromatic heterocycles. The molecule has 8 nitrogen and oxygen atoms in total. The molecule has 0 aromatic carbocycles. The summed E-state index contributed by atoms with van der Waals surface area (Å²) in [5, 5.41) is 11.7. The van der Waals surface area contributed by atoms with Crippen LogP contribution in [0.15, 0.2) is 85.1 Å². The molecule has 0 amide bonds. The maximum atomic E-state index is 12.8. The van der Waals surface area contributed by atoms with Gasteiger partial charge in [-0.2, -0.15) is 0 Å². The van der Waals surface area contributed by atoms with Gasteiger partial charge in [-0.25, -0.2) is 0 Å². The minimum Gasteiger partial charge on any atom is -0.544 e. The van der Waals surface area contributed by atoms with Gasteiger partial charge in [0.15, 0.2) is 6.10 Å². The molecule has 2 atom stereocenters. The molecule has 0 spiro atoms. The summed E-state index contributed by atoms with van der Waals surface area (Å²) in [5.74, 6) is -1.78. The number of unbranched alkanes of at least 4 members (excludes halogenated alkanes) is 20. The van der Waals surface area contributed by atoms with Gasteiger partial charge in [0, 0.05) is 19.3 Å². The minimum absolute atomic E-state index is 0.0248. The maximum Gasteiger partial charge on any atom is 0.306 e. The predicted octanol–water partition coefficient (Wildman–Crippen LogP) is 13.5. The predicted molar refractivity (Wildman–Crippen MR) is 268 cm³/mol. The molecule has 0 bridgehead atoms. The van der Waals surface area contributed by atoms with Gasteiger partial charge in [-0.3, -0.25) is 9.59 Å². The summed E-state index contributed by atoms with van der Waals surface area (Å²) in [5.41, 5.74) is 0. The normalized spacial score (nSPS) is 13.6. The molecule has 0 aliphatic heterocycles. The van der Waals surface area contributed by atoms with Crippen LogP contribution in [0.3, 0.4) is 0 Å². The first-order valence-corrected chi connectivity index (χ1v) is 25.7. The highest BCUT2D eigenvalue weighted by Gasteiger charge is 2.25. The Morgan fingerprint density at radius 1 is 0.484 bits per heavy atom. The third kappa shape index (κ3) is 43.7. The smallest absolute Gasteiger partial charge is 0.306 e. The van der Waals surface area contributed by atoms with E-state index in [4.69, 9.17) is 14.2 Å². The van der Waals surface area contributed by atoms with E-state index in [1.807, 2.05) is 6.08 Å². The van der Waals surface area contributed by atoms with Crippen LogP contribution < -0.4 is 5.11 Å². The van der Waals surface area contributed by atoms with Gasteiger partial charge in [0.1, 0.15) is 12.6 Å². The highest BCUT2D eigenvalue weighted by molar-refractivity contribution is 5.70. The number of aliphatic carboxylic acids is 1. The Labute approximate surface area is 393 Å². The lowest BCUT2D eigenvalue weighted by Crippen LogP contribution is -2.55. The van der Waals surface area contributed by atoms with E-state index in [0.717, 1.165) is 83.5 Å². The largest absolute Gasteiger partial charge is 0.544 e. The van der Waals surface area contributed by atoms with Crippen LogP contribution in [-0.2, 0) is 28.6 Å². The van der Waals surface area contributed by atoms with Crippen molar-refractivity contribution in [2.75, 3.05) is 41.0 Å². The molecule has 0 saturated heterocycles. The molecule has 0 saturated carbocycles. The van der Waals surface area contributed by atoms with Crippen LogP contribution in [0.4, 0.5) is 0 Å². The van der Waals surface area contributed by atoms with Gasteiger partial charge < -0.3 is 28.6 Å². The number of rotatable bonds is 45. The lowest BCUT2D eigenvalue weighted by molar-refractivity contribution is -0.889. The summed E-state index contributed by atoms with van der Waals surface area (Å²) in [6.07, 6.45) is 60.3. The number of carboxylic acids is 1. The number of hydrogen-bond donors (Lipinski definition) is 0. The molecule has 64 heavy (non-hydrogen) atoms. The Bertz CT molecular complexity index is 1320. The zero-order chi connectivity index (χ0) is 47.0. The Morgan fingerprint density at radius 2 is 0.891 bits per heavy atom. The second-order valence-electron chi connectivity index (χ2n) is 18.1. The minimum atomic E-state index is -1.13. The van der Waals surface area contributed by atoms with E-state index >= 15 is 0 Å². The van der Waals surface area contributed by atoms with Gasteiger partial charge in [-0.1, -0.05) is 189 Å². The first-order chi connectivity index (χ1) is 31.1. The molecule has 8 heteroatoms. The van der Waals surface area contributed by atoms with Gasteiger partial charge in [0.25, 0.3) is 0 Å². The Balaban J connectivity index is 4.31. The van der Waals surface area contributed by atoms with Crippen molar-refractivity contribution < 1.29 is 38.2 Å². The van der Waals surface area contributed by atoms with E-state index in [0.29, 0.717) is 6.42 Å². The number of carboxylic acid groups (broad SMARTS) is 1. The van der Waals surface area contributed by atoms with E-state index in [1.54, 1.807) is 21.1 Å². The van der Waals surface area contributed by atoms with Crippen molar-refractivity contribution in [1.29, 1.82) is 0 Å². The van der Waals surface area contributed by atoms with Gasteiger partial charge in [-0.05, 0) is 77.0 Å². The monoisotopic (exact) mass is 894 g/mol. The van der Waals surface area contributed by atoms with E-state index in [2.05, 4.69) is 92.8 Å². The molecule has 0 heterocycles. The fourth-order valence-electron chi connectivity index (χ4n) is 7.09. The fraction of sp³-hybridized carbons (Fsp3) is 0.696. The van der Waals surface area contributed by atoms with Crippen LogP contribution in [0.1, 0.15) is 200 Å². The van der Waals surface area contributed by atoms with Crippen molar-refractivity contribution in [2.24, 2.45) is 0 Å². The molecule has 366 valence electrons. The number of esters is 2. The lowest BCUT2D eigenvalue weighted by atomic mass is 10.1. The van der Waals surface area contributed by atoms with E-state index in [1.165, 1.54) is 83.5 Å². The Kier molecular flexibility index (Phi) is 43.5. The molecule has 0 aromatic rings. The zero-order valence-corrected chi connectivity index (χ0v) is 41.7. The van der Waals surface area contributed by atoms with Crippen LogP contribution in [-0.4, -0.2) is 75.5 Å². The molecule has 0 N–H and O–H groups in total. The highest BCUT2D eigenvalue weighted by atomic mass is 16.6. The highest BCUT2D eigenvalue weighted by Crippen LogP contribution is 2.14. The number of allylic oxidation sites excluding steroid dienone is 14. The second kappa shape index (κ2) is 46.1. The van der Waals surface area contributed by atoms with Crippen molar-refractivity contribution >= 4 is 17.9 Å². The number of likely N-dealkylation sites (N-methyl/N-ethyl adjacent to an activating group) is 1. The summed E-state index contributed by atoms with van der Waals surface area (Å²) in [6, 6.07) is -0.736. The summed E-state index contributed by atoms with van der Waals surface area (Å²) >= 11 is 0. The maximum absolute atomic E-state index is 12.8. The summed E-state index contributed by atoms with van der Waals surface area (Å²) in [7, 11) is 5.40. The van der Waals surface area contributed by atoms with Crippen LogP contribution in [0.5, 0.6) is 0 Å². The van der Waals surface area contributed by atoms with Crippen molar-refractivity contribution in [2.45, 2.75) is 212 Å². The van der Waals surface area contributed by atoms with Crippen molar-refractivity contribution in [3.8, 4) is 0 Å². The number of hydrogen-bond acceptors (Lipinski definition) is 7. The number of ether oxygens (including phenoxy) is 3. The van der Waals surface area contributed by atoms with Crippen LogP contribution >= 0.6 is 0 Å². The molecule has 0 fully saturated rings. The Morgan fingerprint density at radius 3 is 1.36 bits per heavy atom. The average Bonchev–Trinajstić information content (AvgIpc) is 3.26. The summed E-state index contributed by atoms with van der Waals surface area (Å²) < 4.78 is 17.2. The topological polar surface area (TPSA) is 102 Å². The summed E-state index contributed by atoms with van der Waals surface area (Å²) in [6.45, 7) is 4.57. The van der Waals surface area contributed by atoms with E-state index in [9.17, 15) is 19.5 Å². The molecular formula is C56H95NO7. The number of nitrogens with zero attached hydrogens (tertiary/aromatic N) is 1. The first-order valence-electron chi connectivity index (χ1n) is 25.7. The van der Waals surface area contributed by atoms with Crippen LogP contribution in [0, 0.1) is 0 Å². The Hall–Kier alpha value is -3.49. The molecule has 0 aliphatic carbocycles. The van der Waals surface area contributed by atoms with Crippen molar-refractivity contribution in [3.63, 3.8) is 0 Å². The molecule has 0 radical (unpaired) electrons. The SMILES string of the molecule is CCCCC/C=C/C=C/C=C/C=C/CCCCCCCC(=O)OC(COCCC(C(=O)[O-])[N+](C)(C)C)COC(=O)CCCCCCCCCCC/C=C/C/C=C/C/C=C/CCCCC. The molecule has 0 aliphatic rings. The first kappa shape index (κ1) is 60.5. The van der Waals surface area contributed by atoms with Gasteiger partial charge in [0.05, 0.1) is 40.3 Å². The van der Waals surface area contributed by atoms with Crippen LogP contribution in [0.25, 0.3) is 0 Å². The van der Waals surface area contributed by atoms with E-state index in [-0.39, 0.29) is 49.1 Å². The zero-order valence-electron chi connectivity index (χ0n) is 41.7. The third-order valence-corrected chi connectivity index (χ3v) is 11.1. The lowest BCUT2D eigenvalue weighted by Gasteiger charge is -2.34. The summed E-state index contributed by atoms with van der Waals surface area (Å²) in [4.78, 5) is 37.0. The molecular weight excluding hydrogens is 799 g/mol. The molecule has 0 rings (SSSR count). The van der Waals surface area contributed by atoms with Crippen molar-refractivity contribution in [1.82, 2.24) is 0 Å². The number of quaternary nitrogens is 1. The van der Waals surface area contributed by atoms with Crippen molar-refractivity contribution in [3.05, 3.63) is 85.1 Å². The quantitative estimate of drug-likeness (QED) is 0.0197. The third-order valence-electron chi connectivity index (χ3n) is 11.1. The second-order valence-corrected chi connectivity index (χ2v) is 18.1. The van der Waals surface area contributed by atoms with E-state index < -0.39 is 18.1 Å². The fourth-order valence-corrected chi connectivity index (χ4v) is 7.09.